The van der Waals surface area contributed by atoms with E-state index in [0.717, 1.165) is 17.9 Å². The molecule has 2 aliphatic rings. The Morgan fingerprint density at radius 2 is 2.11 bits per heavy atom. The molecule has 2 unspecified atom stereocenters. The van der Waals surface area contributed by atoms with Crippen LogP contribution in [-0.2, 0) is 4.79 Å². The van der Waals surface area contributed by atoms with E-state index in [4.69, 9.17) is 0 Å². The van der Waals surface area contributed by atoms with Crippen LogP contribution in [0.5, 0.6) is 0 Å². The largest absolute Gasteiger partial charge is 0.419 e. The number of amides is 1. The number of rotatable bonds is 1. The van der Waals surface area contributed by atoms with Gasteiger partial charge in [0.2, 0.25) is 5.91 Å². The quantitative estimate of drug-likeness (QED) is 0.758. The van der Waals surface area contributed by atoms with Gasteiger partial charge in [0.05, 0.1) is 12.5 Å². The van der Waals surface area contributed by atoms with Crippen LogP contribution in [0, 0.1) is 5.92 Å². The second-order valence-corrected chi connectivity index (χ2v) is 5.08. The van der Waals surface area contributed by atoms with Crippen LogP contribution in [0.25, 0.3) is 0 Å². The van der Waals surface area contributed by atoms with Crippen LogP contribution in [0.1, 0.15) is 19.3 Å². The first-order valence-electron chi connectivity index (χ1n) is 6.12. The molecule has 8 heteroatoms. The van der Waals surface area contributed by atoms with E-state index in [1.807, 2.05) is 0 Å². The first kappa shape index (κ1) is 16.5. The Kier molecular flexibility index (Phi) is 5.08. The summed E-state index contributed by atoms with van der Waals surface area (Å²) in [4.78, 5) is 13.2. The van der Waals surface area contributed by atoms with Crippen LogP contribution < -0.4 is 5.32 Å². The molecule has 2 rings (SSSR count). The lowest BCUT2D eigenvalue weighted by Gasteiger charge is -2.29. The zero-order chi connectivity index (χ0) is 13.4. The van der Waals surface area contributed by atoms with E-state index >= 15 is 0 Å². The topological polar surface area (TPSA) is 52.6 Å². The van der Waals surface area contributed by atoms with Gasteiger partial charge in [-0.25, -0.2) is 0 Å². The molecule has 0 aromatic heterocycles. The number of nitrogens with zero attached hydrogens (tertiary/aromatic N) is 1. The number of halogens is 4. The van der Waals surface area contributed by atoms with Crippen molar-refractivity contribution >= 4 is 18.3 Å². The molecule has 1 amide bonds. The molecule has 0 aromatic carbocycles. The minimum Gasteiger partial charge on any atom is -0.379 e. The Labute approximate surface area is 115 Å². The van der Waals surface area contributed by atoms with E-state index in [0.29, 0.717) is 13.0 Å². The summed E-state index contributed by atoms with van der Waals surface area (Å²) < 4.78 is 37.9. The summed E-state index contributed by atoms with van der Waals surface area (Å²) in [6.45, 7) is 0.702. The van der Waals surface area contributed by atoms with Gasteiger partial charge in [0, 0.05) is 19.5 Å². The number of alkyl halides is 3. The summed E-state index contributed by atoms with van der Waals surface area (Å²) in [6, 6.07) is 0. The number of piperidine rings is 1. The van der Waals surface area contributed by atoms with Gasteiger partial charge in [-0.3, -0.25) is 4.79 Å². The molecule has 0 aliphatic carbocycles. The molecule has 0 radical (unpaired) electrons. The molecule has 19 heavy (non-hydrogen) atoms. The summed E-state index contributed by atoms with van der Waals surface area (Å²) in [6.07, 6.45) is -3.55. The fourth-order valence-corrected chi connectivity index (χ4v) is 2.53. The molecule has 112 valence electrons. The summed E-state index contributed by atoms with van der Waals surface area (Å²) in [5.74, 6) is -0.531. The Morgan fingerprint density at radius 3 is 2.58 bits per heavy atom. The molecule has 0 bridgehead atoms. The molecular formula is C11H18ClF3N2O2. The van der Waals surface area contributed by atoms with Gasteiger partial charge in [0.1, 0.15) is 0 Å². The van der Waals surface area contributed by atoms with E-state index in [1.54, 1.807) is 0 Å². The zero-order valence-corrected chi connectivity index (χ0v) is 11.2. The summed E-state index contributed by atoms with van der Waals surface area (Å²) in [7, 11) is 0. The van der Waals surface area contributed by atoms with Crippen LogP contribution in [0.4, 0.5) is 13.2 Å². The Balaban J connectivity index is 0.00000180. The maximum atomic E-state index is 12.6. The zero-order valence-electron chi connectivity index (χ0n) is 10.4. The van der Waals surface area contributed by atoms with Crippen molar-refractivity contribution in [2.24, 2.45) is 5.92 Å². The molecule has 0 spiro atoms. The predicted molar refractivity (Wildman–Crippen MR) is 65.0 cm³/mol. The lowest BCUT2D eigenvalue weighted by atomic mass is 9.98. The Bertz CT molecular complexity index is 334. The number of likely N-dealkylation sites (tertiary alicyclic amines) is 1. The first-order valence-corrected chi connectivity index (χ1v) is 6.12. The summed E-state index contributed by atoms with van der Waals surface area (Å²) in [5.41, 5.74) is -2.73. The molecule has 2 aliphatic heterocycles. The lowest BCUT2D eigenvalue weighted by molar-refractivity contribution is -0.253. The van der Waals surface area contributed by atoms with Gasteiger partial charge in [0.25, 0.3) is 0 Å². The number of β-amino-alcohol motifs (C(OH)–C–C–N with tert-alkyl or cyclic N) is 1. The minimum atomic E-state index is -4.67. The highest BCUT2D eigenvalue weighted by atomic mass is 35.5. The number of carbonyl (C=O) groups excluding carboxylic acids is 1. The number of nitrogens with one attached hydrogen (secondary N) is 1. The third-order valence-electron chi connectivity index (χ3n) is 3.73. The monoisotopic (exact) mass is 302 g/mol. The van der Waals surface area contributed by atoms with Gasteiger partial charge in [0.15, 0.2) is 5.60 Å². The van der Waals surface area contributed by atoms with E-state index in [1.165, 1.54) is 0 Å². The van der Waals surface area contributed by atoms with Crippen LogP contribution >= 0.6 is 12.4 Å². The van der Waals surface area contributed by atoms with Gasteiger partial charge in [-0.2, -0.15) is 13.2 Å². The smallest absolute Gasteiger partial charge is 0.379 e. The van der Waals surface area contributed by atoms with Gasteiger partial charge in [-0.1, -0.05) is 0 Å². The van der Waals surface area contributed by atoms with Crippen LogP contribution in [0.15, 0.2) is 0 Å². The molecule has 2 heterocycles. The summed E-state index contributed by atoms with van der Waals surface area (Å²) in [5, 5.41) is 12.6. The van der Waals surface area contributed by atoms with Crippen molar-refractivity contribution in [3.05, 3.63) is 0 Å². The van der Waals surface area contributed by atoms with E-state index in [-0.39, 0.29) is 30.8 Å². The van der Waals surface area contributed by atoms with Crippen molar-refractivity contribution < 1.29 is 23.1 Å². The predicted octanol–water partition coefficient (Wildman–Crippen LogP) is 0.933. The van der Waals surface area contributed by atoms with Crippen molar-refractivity contribution in [1.29, 1.82) is 0 Å². The fourth-order valence-electron chi connectivity index (χ4n) is 2.53. The Hall–Kier alpha value is -0.530. The second-order valence-electron chi connectivity index (χ2n) is 5.08. The van der Waals surface area contributed by atoms with Crippen molar-refractivity contribution in [3.63, 3.8) is 0 Å². The highest BCUT2D eigenvalue weighted by molar-refractivity contribution is 5.85. The highest BCUT2D eigenvalue weighted by Gasteiger charge is 2.58. The van der Waals surface area contributed by atoms with Crippen LogP contribution in [-0.4, -0.2) is 53.9 Å². The number of hydrogen-bond acceptors (Lipinski definition) is 3. The van der Waals surface area contributed by atoms with Crippen molar-refractivity contribution in [2.75, 3.05) is 26.2 Å². The van der Waals surface area contributed by atoms with Gasteiger partial charge in [-0.15, -0.1) is 12.4 Å². The van der Waals surface area contributed by atoms with E-state index < -0.39 is 24.7 Å². The average Bonchev–Trinajstić information content (AvgIpc) is 2.73. The van der Waals surface area contributed by atoms with E-state index in [9.17, 15) is 23.1 Å². The van der Waals surface area contributed by atoms with Crippen LogP contribution in [0.2, 0.25) is 0 Å². The Morgan fingerprint density at radius 1 is 1.42 bits per heavy atom. The number of aliphatic hydroxyl groups is 1. The lowest BCUT2D eigenvalue weighted by Crippen LogP contribution is -2.49. The number of carbonyl (C=O) groups is 1. The van der Waals surface area contributed by atoms with Crippen LogP contribution in [0.3, 0.4) is 0 Å². The van der Waals surface area contributed by atoms with Gasteiger partial charge < -0.3 is 15.3 Å². The van der Waals surface area contributed by atoms with Crippen molar-refractivity contribution in [3.8, 4) is 0 Å². The van der Waals surface area contributed by atoms with Crippen molar-refractivity contribution in [1.82, 2.24) is 10.2 Å². The standard InChI is InChI=1S/C11H17F3N2O2.ClH/c12-11(13,14)10(18)3-5-16(7-10)9(17)8-2-1-4-15-6-8;/h8,15,18H,1-7H2;1H. The molecule has 2 N–H and O–H groups in total. The third-order valence-corrected chi connectivity index (χ3v) is 3.73. The maximum absolute atomic E-state index is 12.6. The normalized spacial score (nSPS) is 32.0. The second kappa shape index (κ2) is 5.85. The van der Waals surface area contributed by atoms with E-state index in [2.05, 4.69) is 5.32 Å². The third kappa shape index (κ3) is 3.32. The SMILES string of the molecule is Cl.O=C(C1CCCNC1)N1CCC(O)(C(F)(F)F)C1. The minimum absolute atomic E-state index is 0. The van der Waals surface area contributed by atoms with Gasteiger partial charge in [-0.05, 0) is 19.4 Å². The molecule has 2 saturated heterocycles. The molecule has 0 aromatic rings. The molecule has 0 saturated carbocycles. The molecule has 2 fully saturated rings. The fraction of sp³-hybridized carbons (Fsp3) is 0.909. The molecule has 4 nitrogen and oxygen atoms in total. The first-order chi connectivity index (χ1) is 8.33. The average molecular weight is 303 g/mol. The highest BCUT2D eigenvalue weighted by Crippen LogP contribution is 2.38. The maximum Gasteiger partial charge on any atom is 0.419 e. The number of hydrogen-bond donors (Lipinski definition) is 2. The van der Waals surface area contributed by atoms with Crippen molar-refractivity contribution in [2.45, 2.75) is 31.0 Å². The van der Waals surface area contributed by atoms with Gasteiger partial charge >= 0.3 is 6.18 Å². The summed E-state index contributed by atoms with van der Waals surface area (Å²) >= 11 is 0. The molecular weight excluding hydrogens is 285 g/mol. The molecule has 2 atom stereocenters.